The minimum absolute atomic E-state index is 0.0000231. The molecule has 0 atom stereocenters. The van der Waals surface area contributed by atoms with Gasteiger partial charge in [-0.05, 0) is 49.4 Å². The van der Waals surface area contributed by atoms with Gasteiger partial charge in [0.2, 0.25) is 0 Å². The van der Waals surface area contributed by atoms with Crippen LogP contribution in [0.4, 0.5) is 0 Å². The largest absolute Gasteiger partial charge is 0.504 e. The van der Waals surface area contributed by atoms with E-state index in [1.165, 1.54) is 12.8 Å². The van der Waals surface area contributed by atoms with Crippen molar-refractivity contribution in [3.63, 3.8) is 0 Å². The summed E-state index contributed by atoms with van der Waals surface area (Å²) in [5.74, 6) is -0.0285. The molecule has 3 heteroatoms. The van der Waals surface area contributed by atoms with Gasteiger partial charge in [-0.1, -0.05) is 12.8 Å². The molecule has 0 bridgehead atoms. The highest BCUT2D eigenvalue weighted by Gasteiger charge is 2.36. The van der Waals surface area contributed by atoms with Crippen molar-refractivity contribution in [3.05, 3.63) is 22.8 Å². The molecule has 17 heavy (non-hydrogen) atoms. The summed E-state index contributed by atoms with van der Waals surface area (Å²) in [5, 5.41) is 19.5. The van der Waals surface area contributed by atoms with Crippen molar-refractivity contribution in [3.8, 4) is 11.5 Å². The molecular formula is C14H21NO2. The molecule has 1 aliphatic rings. The van der Waals surface area contributed by atoms with Crippen molar-refractivity contribution in [1.29, 1.82) is 0 Å². The van der Waals surface area contributed by atoms with Crippen LogP contribution in [0.2, 0.25) is 0 Å². The van der Waals surface area contributed by atoms with Gasteiger partial charge < -0.3 is 15.9 Å². The quantitative estimate of drug-likeness (QED) is 0.690. The standard InChI is InChI=1S/C14H21NO2/c1-9-10(2)13(17)12(16)7-11(9)14(8-15)5-3-4-6-14/h7,16-17H,3-6,8,15H2,1-2H3. The molecule has 0 aromatic heterocycles. The molecular weight excluding hydrogens is 214 g/mol. The van der Waals surface area contributed by atoms with Gasteiger partial charge in [0.1, 0.15) is 0 Å². The van der Waals surface area contributed by atoms with Gasteiger partial charge in [0.05, 0.1) is 0 Å². The summed E-state index contributed by atoms with van der Waals surface area (Å²) >= 11 is 0. The first-order valence-corrected chi connectivity index (χ1v) is 6.24. The SMILES string of the molecule is Cc1c(C2(CN)CCCC2)cc(O)c(O)c1C. The number of benzene rings is 1. The normalized spacial score (nSPS) is 18.5. The van der Waals surface area contributed by atoms with E-state index in [1.54, 1.807) is 6.07 Å². The second-order valence-corrected chi connectivity index (χ2v) is 5.23. The Hall–Kier alpha value is -1.22. The maximum atomic E-state index is 9.78. The summed E-state index contributed by atoms with van der Waals surface area (Å²) in [7, 11) is 0. The Balaban J connectivity index is 2.59. The van der Waals surface area contributed by atoms with Gasteiger partial charge in [-0.15, -0.1) is 0 Å². The maximum Gasteiger partial charge on any atom is 0.160 e. The molecule has 0 saturated heterocycles. The van der Waals surface area contributed by atoms with Crippen molar-refractivity contribution in [2.24, 2.45) is 5.73 Å². The van der Waals surface area contributed by atoms with Crippen molar-refractivity contribution < 1.29 is 10.2 Å². The number of nitrogens with two attached hydrogens (primary N) is 1. The summed E-state index contributed by atoms with van der Waals surface area (Å²) < 4.78 is 0. The van der Waals surface area contributed by atoms with Gasteiger partial charge in [0.15, 0.2) is 11.5 Å². The lowest BCUT2D eigenvalue weighted by Gasteiger charge is -2.30. The highest BCUT2D eigenvalue weighted by molar-refractivity contribution is 5.54. The number of hydrogen-bond donors (Lipinski definition) is 3. The van der Waals surface area contributed by atoms with Crippen LogP contribution in [0.25, 0.3) is 0 Å². The minimum Gasteiger partial charge on any atom is -0.504 e. The highest BCUT2D eigenvalue weighted by Crippen LogP contribution is 2.45. The Morgan fingerprint density at radius 2 is 1.76 bits per heavy atom. The Kier molecular flexibility index (Phi) is 3.04. The van der Waals surface area contributed by atoms with Crippen molar-refractivity contribution in [2.45, 2.75) is 44.9 Å². The van der Waals surface area contributed by atoms with Gasteiger partial charge >= 0.3 is 0 Å². The van der Waals surface area contributed by atoms with Crippen LogP contribution >= 0.6 is 0 Å². The van der Waals surface area contributed by atoms with E-state index in [4.69, 9.17) is 5.73 Å². The second kappa shape index (κ2) is 4.22. The lowest BCUT2D eigenvalue weighted by atomic mass is 9.76. The third-order valence-electron chi connectivity index (χ3n) is 4.37. The van der Waals surface area contributed by atoms with E-state index < -0.39 is 0 Å². The van der Waals surface area contributed by atoms with Crippen LogP contribution in [0.15, 0.2) is 6.07 Å². The average molecular weight is 235 g/mol. The number of rotatable bonds is 2. The van der Waals surface area contributed by atoms with Gasteiger partial charge in [-0.2, -0.15) is 0 Å². The van der Waals surface area contributed by atoms with Gasteiger partial charge in [-0.25, -0.2) is 0 Å². The summed E-state index contributed by atoms with van der Waals surface area (Å²) in [6, 6.07) is 1.70. The van der Waals surface area contributed by atoms with E-state index >= 15 is 0 Å². The van der Waals surface area contributed by atoms with E-state index in [0.717, 1.165) is 29.5 Å². The Bertz CT molecular complexity index is 434. The van der Waals surface area contributed by atoms with E-state index in [9.17, 15) is 10.2 Å². The molecule has 0 spiro atoms. The first-order chi connectivity index (χ1) is 8.02. The molecule has 0 radical (unpaired) electrons. The van der Waals surface area contributed by atoms with Crippen LogP contribution < -0.4 is 5.73 Å². The molecule has 94 valence electrons. The predicted molar refractivity (Wildman–Crippen MR) is 68.4 cm³/mol. The van der Waals surface area contributed by atoms with Crippen molar-refractivity contribution in [2.75, 3.05) is 6.54 Å². The number of phenols is 2. The van der Waals surface area contributed by atoms with E-state index in [-0.39, 0.29) is 16.9 Å². The highest BCUT2D eigenvalue weighted by atomic mass is 16.3. The van der Waals surface area contributed by atoms with Gasteiger partial charge in [-0.3, -0.25) is 0 Å². The predicted octanol–water partition coefficient (Wildman–Crippen LogP) is 2.49. The molecule has 0 amide bonds. The maximum absolute atomic E-state index is 9.78. The van der Waals surface area contributed by atoms with E-state index in [2.05, 4.69) is 0 Å². The van der Waals surface area contributed by atoms with E-state index in [0.29, 0.717) is 6.54 Å². The molecule has 4 N–H and O–H groups in total. The van der Waals surface area contributed by atoms with Crippen LogP contribution in [0.5, 0.6) is 11.5 Å². The molecule has 3 nitrogen and oxygen atoms in total. The average Bonchev–Trinajstić information content (AvgIpc) is 2.81. The monoisotopic (exact) mass is 235 g/mol. The first kappa shape index (κ1) is 12.2. The fourth-order valence-corrected chi connectivity index (χ4v) is 3.07. The summed E-state index contributed by atoms with van der Waals surface area (Å²) in [4.78, 5) is 0. The number of aromatic hydroxyl groups is 2. The van der Waals surface area contributed by atoms with Crippen molar-refractivity contribution in [1.82, 2.24) is 0 Å². The molecule has 1 saturated carbocycles. The lowest BCUT2D eigenvalue weighted by Crippen LogP contribution is -2.33. The fourth-order valence-electron chi connectivity index (χ4n) is 3.07. The minimum atomic E-state index is -0.0252. The third kappa shape index (κ3) is 1.78. The number of phenolic OH excluding ortho intramolecular Hbond substituents is 2. The van der Waals surface area contributed by atoms with Gasteiger partial charge in [0.25, 0.3) is 0 Å². The summed E-state index contributed by atoms with van der Waals surface area (Å²) in [6.45, 7) is 4.45. The van der Waals surface area contributed by atoms with Crippen LogP contribution in [0.3, 0.4) is 0 Å². The number of hydrogen-bond acceptors (Lipinski definition) is 3. The smallest absolute Gasteiger partial charge is 0.160 e. The third-order valence-corrected chi connectivity index (χ3v) is 4.37. The Labute approximate surface area is 102 Å². The zero-order chi connectivity index (χ0) is 12.6. The zero-order valence-corrected chi connectivity index (χ0v) is 10.6. The molecule has 0 heterocycles. The molecule has 0 unspecified atom stereocenters. The molecule has 1 fully saturated rings. The topological polar surface area (TPSA) is 66.5 Å². The van der Waals surface area contributed by atoms with Crippen LogP contribution in [0, 0.1) is 13.8 Å². The molecule has 2 rings (SSSR count). The fraction of sp³-hybridized carbons (Fsp3) is 0.571. The van der Waals surface area contributed by atoms with Crippen LogP contribution in [0.1, 0.15) is 42.4 Å². The first-order valence-electron chi connectivity index (χ1n) is 6.24. The lowest BCUT2D eigenvalue weighted by molar-refractivity contribution is 0.393. The van der Waals surface area contributed by atoms with Crippen LogP contribution in [-0.2, 0) is 5.41 Å². The molecule has 1 aliphatic carbocycles. The zero-order valence-electron chi connectivity index (χ0n) is 10.6. The second-order valence-electron chi connectivity index (χ2n) is 5.23. The Morgan fingerprint density at radius 3 is 2.29 bits per heavy atom. The summed E-state index contributed by atoms with van der Waals surface area (Å²) in [5.41, 5.74) is 8.91. The van der Waals surface area contributed by atoms with Crippen molar-refractivity contribution >= 4 is 0 Å². The van der Waals surface area contributed by atoms with E-state index in [1.807, 2.05) is 13.8 Å². The molecule has 1 aromatic carbocycles. The molecule has 1 aromatic rings. The molecule has 0 aliphatic heterocycles. The summed E-state index contributed by atoms with van der Waals surface area (Å²) in [6.07, 6.45) is 4.54. The Morgan fingerprint density at radius 1 is 1.18 bits per heavy atom. The van der Waals surface area contributed by atoms with Gasteiger partial charge in [0, 0.05) is 12.0 Å². The van der Waals surface area contributed by atoms with Crippen LogP contribution in [-0.4, -0.2) is 16.8 Å².